The number of rotatable bonds is 14. The monoisotopic (exact) mass is 1530 g/mol. The predicted molar refractivity (Wildman–Crippen MR) is 498 cm³/mol. The molecule has 5 aliphatic heterocycles. The van der Waals surface area contributed by atoms with Crippen LogP contribution in [0.5, 0.6) is 0 Å². The van der Waals surface area contributed by atoms with Crippen molar-refractivity contribution in [3.8, 4) is 0 Å². The summed E-state index contributed by atoms with van der Waals surface area (Å²) in [6.45, 7) is 0. The maximum atomic E-state index is 6.49. The topological polar surface area (TPSA) is 80.7 Å². The van der Waals surface area contributed by atoms with Crippen LogP contribution >= 0.6 is 0 Å². The SMILES string of the molecule is c1ccc(C2=C(c3ccccc3)/C3=C(\c4ccccc4)C4=N/C(=C(/c5ccccc5)c5ccc([nH]5)/C(c5ccccc5)=C5\NC(C(c6ccccc6)=C5c5ccccc5)/C(c5ccccc5)=C5N=C(C(c6ccccc6)=C/5c5ccccc5)/C(c5ccccc5)=c5/cc/c([nH]5)=C(\c5ccccc5)C2=N3)C(c2ccccc2)=C4c2ccccc2)cc1. The zero-order valence-corrected chi connectivity index (χ0v) is 65.6. The molecule has 6 nitrogen and oxygen atoms in total. The molecule has 0 fully saturated rings. The molecule has 564 valence electrons. The van der Waals surface area contributed by atoms with E-state index in [0.717, 1.165) is 218 Å². The molecule has 0 saturated carbocycles. The zero-order valence-electron chi connectivity index (χ0n) is 65.6. The van der Waals surface area contributed by atoms with Gasteiger partial charge in [0, 0.05) is 94.5 Å². The number of nitrogens with zero attached hydrogens (tertiary/aromatic N) is 3. The molecule has 21 rings (SSSR count). The first-order chi connectivity index (χ1) is 59.6. The fourth-order valence-electron chi connectivity index (χ4n) is 18.1. The fourth-order valence-corrected chi connectivity index (χ4v) is 18.1. The van der Waals surface area contributed by atoms with Gasteiger partial charge in [0.15, 0.2) is 0 Å². The number of aliphatic imine (C=N–C) groups is 3. The average molecular weight is 1530 g/mol. The second-order valence-electron chi connectivity index (χ2n) is 30.4. The van der Waals surface area contributed by atoms with Gasteiger partial charge in [0.25, 0.3) is 0 Å². The van der Waals surface area contributed by atoms with E-state index in [1.54, 1.807) is 0 Å². The molecule has 0 amide bonds. The van der Waals surface area contributed by atoms with Crippen LogP contribution in [0.15, 0.2) is 487 Å². The number of aromatic nitrogens is 2. The van der Waals surface area contributed by atoms with Gasteiger partial charge in [-0.2, -0.15) is 0 Å². The van der Waals surface area contributed by atoms with Gasteiger partial charge < -0.3 is 15.3 Å². The van der Waals surface area contributed by atoms with Crippen LogP contribution in [0, 0.1) is 0 Å². The highest BCUT2D eigenvalue weighted by Crippen LogP contribution is 2.55. The standard InChI is InChI=1S/C114H78N6/c1-15-43-75(44-16-1)93-89-71-72-90(115-89)94(76-45-17-2-18-46-76)108-98(80-53-25-6-26-54-80)103(85-63-35-11-36-64-85)113(118-108)106(88-69-41-14-42-70-88)114-104(86-65-37-12-38-66-86)100(82-57-29-8-30-58-82)110(120-114)96(78-49-21-4-22-50-78)92-74-73-91(116-92)95(77-47-19-3-20-48-77)109-99(81-55-27-7-28-56-81)102(84-61-33-10-34-62-84)112(119-109)105(87-67-39-13-40-68-87)111-101(83-59-31-9-32-60-83)97(107(93)117-111)79-51-23-5-24-52-79/h1-74,111,115-117H/b95-91-,96-92-,107-93-,108-94-,112-105+,114-106-. The van der Waals surface area contributed by atoms with E-state index in [2.05, 4.69) is 464 Å². The van der Waals surface area contributed by atoms with E-state index < -0.39 is 6.04 Å². The van der Waals surface area contributed by atoms with E-state index in [9.17, 15) is 0 Å². The van der Waals surface area contributed by atoms with Gasteiger partial charge in [-0.15, -0.1) is 0 Å². The number of hydrogen-bond acceptors (Lipinski definition) is 4. The van der Waals surface area contributed by atoms with Gasteiger partial charge >= 0.3 is 0 Å². The molecule has 120 heavy (non-hydrogen) atoms. The molecule has 0 spiro atoms. The highest BCUT2D eigenvalue weighted by Gasteiger charge is 2.43. The molecule has 2 aromatic heterocycles. The first kappa shape index (κ1) is 71.9. The van der Waals surface area contributed by atoms with Gasteiger partial charge in [0.2, 0.25) is 0 Å². The second kappa shape index (κ2) is 31.7. The summed E-state index contributed by atoms with van der Waals surface area (Å²) in [6, 6.07) is 161. The van der Waals surface area contributed by atoms with Crippen molar-refractivity contribution >= 4 is 95.2 Å². The summed E-state index contributed by atoms with van der Waals surface area (Å²) >= 11 is 0. The summed E-state index contributed by atoms with van der Waals surface area (Å²) in [5.41, 5.74) is 35.3. The van der Waals surface area contributed by atoms with Crippen LogP contribution < -0.4 is 16.0 Å². The van der Waals surface area contributed by atoms with Crippen molar-refractivity contribution < 1.29 is 0 Å². The third kappa shape index (κ3) is 13.1. The van der Waals surface area contributed by atoms with Gasteiger partial charge in [-0.05, 0) is 108 Å². The minimum atomic E-state index is -0.562. The van der Waals surface area contributed by atoms with E-state index in [1.165, 1.54) is 0 Å². The van der Waals surface area contributed by atoms with E-state index in [1.807, 2.05) is 0 Å². The highest BCUT2D eigenvalue weighted by molar-refractivity contribution is 6.57. The molecule has 1 atom stereocenters. The summed E-state index contributed by atoms with van der Waals surface area (Å²) in [6.07, 6.45) is 0. The summed E-state index contributed by atoms with van der Waals surface area (Å²) < 4.78 is 0. The molecule has 3 N–H and O–H groups in total. The van der Waals surface area contributed by atoms with Crippen LogP contribution in [0.1, 0.15) is 89.3 Å². The van der Waals surface area contributed by atoms with Crippen molar-refractivity contribution in [2.45, 2.75) is 6.04 Å². The minimum absolute atomic E-state index is 0.562. The molecule has 5 aliphatic rings. The number of benzene rings is 14. The molecule has 0 aliphatic carbocycles. The third-order valence-corrected chi connectivity index (χ3v) is 23.3. The normalized spacial score (nSPS) is 18.8. The average Bonchev–Trinajstić information content (AvgIpc) is 1.57. The second-order valence-corrected chi connectivity index (χ2v) is 30.4. The lowest BCUT2D eigenvalue weighted by Crippen LogP contribution is -2.27. The maximum absolute atomic E-state index is 6.49. The van der Waals surface area contributed by atoms with Crippen LogP contribution in [0.2, 0.25) is 0 Å². The van der Waals surface area contributed by atoms with Crippen molar-refractivity contribution in [1.29, 1.82) is 0 Å². The predicted octanol–water partition coefficient (Wildman–Crippen LogP) is 24.6. The van der Waals surface area contributed by atoms with Crippen LogP contribution in [0.3, 0.4) is 0 Å². The summed E-state index contributed by atoms with van der Waals surface area (Å²) in [4.78, 5) is 28.0. The number of hydrogen-bond donors (Lipinski definition) is 3. The lowest BCUT2D eigenvalue weighted by Gasteiger charge is -2.24. The Morgan fingerprint density at radius 1 is 0.158 bits per heavy atom. The molecule has 16 aromatic rings. The van der Waals surface area contributed by atoms with Gasteiger partial charge in [0.05, 0.1) is 46.0 Å². The van der Waals surface area contributed by atoms with Crippen molar-refractivity contribution in [3.05, 3.63) is 572 Å². The molecular weight excluding hydrogens is 1450 g/mol. The summed E-state index contributed by atoms with van der Waals surface area (Å²) in [7, 11) is 0. The van der Waals surface area contributed by atoms with Crippen molar-refractivity contribution in [1.82, 2.24) is 15.3 Å². The number of allylic oxidation sites excluding steroid dienone is 8. The Labute approximate surface area is 698 Å². The highest BCUT2D eigenvalue weighted by atomic mass is 15.0. The number of nitrogens with one attached hydrogen (secondary N) is 3. The first-order valence-corrected chi connectivity index (χ1v) is 41.0. The zero-order chi connectivity index (χ0) is 79.7. The first-order valence-electron chi connectivity index (χ1n) is 41.0. The van der Waals surface area contributed by atoms with Crippen molar-refractivity contribution in [2.24, 2.45) is 15.0 Å². The molecule has 0 saturated heterocycles. The van der Waals surface area contributed by atoms with E-state index in [4.69, 9.17) is 15.0 Å². The largest absolute Gasteiger partial charge is 0.373 e. The van der Waals surface area contributed by atoms with E-state index >= 15 is 0 Å². The lowest BCUT2D eigenvalue weighted by molar-refractivity contribution is 0.870. The van der Waals surface area contributed by atoms with Gasteiger partial charge in [-0.1, -0.05) is 425 Å². The van der Waals surface area contributed by atoms with Crippen molar-refractivity contribution in [3.63, 3.8) is 0 Å². The molecule has 12 bridgehead atoms. The Morgan fingerprint density at radius 3 is 0.717 bits per heavy atom. The Bertz CT molecular complexity index is 7120. The van der Waals surface area contributed by atoms with Crippen LogP contribution in [-0.2, 0) is 0 Å². The lowest BCUT2D eigenvalue weighted by atomic mass is 9.82. The summed E-state index contributed by atoms with van der Waals surface area (Å²) in [5, 5.41) is 6.28. The Morgan fingerprint density at radius 2 is 0.383 bits per heavy atom. The fraction of sp³-hybridized carbons (Fsp3) is 0.00877. The van der Waals surface area contributed by atoms with Gasteiger partial charge in [-0.25, -0.2) is 15.0 Å². The third-order valence-electron chi connectivity index (χ3n) is 23.3. The quantitative estimate of drug-likeness (QED) is 0.0996. The van der Waals surface area contributed by atoms with E-state index in [0.29, 0.717) is 0 Å². The van der Waals surface area contributed by atoms with Gasteiger partial charge in [0.1, 0.15) is 0 Å². The Balaban J connectivity index is 1.01. The molecule has 0 radical (unpaired) electrons. The maximum Gasteiger partial charge on any atom is 0.0823 e. The number of H-pyrrole nitrogens is 2. The van der Waals surface area contributed by atoms with Crippen LogP contribution in [-0.4, -0.2) is 33.1 Å². The number of aromatic amines is 2. The Kier molecular flexibility index (Phi) is 19.0. The summed E-state index contributed by atoms with van der Waals surface area (Å²) in [5.74, 6) is 0. The van der Waals surface area contributed by atoms with Gasteiger partial charge in [-0.3, -0.25) is 0 Å². The van der Waals surface area contributed by atoms with Crippen LogP contribution in [0.4, 0.5) is 0 Å². The molecule has 14 aromatic carbocycles. The molecule has 6 heteroatoms. The molecular formula is C114H78N6. The minimum Gasteiger partial charge on any atom is -0.373 e. The molecule has 1 unspecified atom stereocenters. The van der Waals surface area contributed by atoms with E-state index in [-0.39, 0.29) is 0 Å². The molecule has 7 heterocycles. The van der Waals surface area contributed by atoms with Crippen molar-refractivity contribution in [2.75, 3.05) is 0 Å². The number of fused-ring (bicyclic) bond motifs is 9. The van der Waals surface area contributed by atoms with Crippen LogP contribution in [0.25, 0.3) is 78.0 Å². The Hall–Kier alpha value is -15.9. The smallest absolute Gasteiger partial charge is 0.0823 e.